The third-order valence-electron chi connectivity index (χ3n) is 16.2. The van der Waals surface area contributed by atoms with Gasteiger partial charge in [0.05, 0.1) is 0 Å². The summed E-state index contributed by atoms with van der Waals surface area (Å²) >= 11 is 0. The number of ether oxygens (including phenoxy) is 3. The Hall–Kier alpha value is -3.15. The van der Waals surface area contributed by atoms with E-state index in [0.29, 0.717) is 19.3 Å². The normalized spacial score (nSPS) is 12.5. The SMILES string of the molecule is CC/C=C\C/C=C\C/C=C\C/C=C\CCCCCCCCCCCCCCCCC(=O)OC(COC(=O)CCCCCCCCC)COC(=O)CCCCCCCCCCCCCCCCCCCCC/C=C\C/C=C\CCCCCCC. The van der Waals surface area contributed by atoms with Crippen LogP contribution in [0, 0.1) is 0 Å². The van der Waals surface area contributed by atoms with E-state index in [1.165, 1.54) is 250 Å². The molecule has 0 bridgehead atoms. The minimum absolute atomic E-state index is 0.0701. The average Bonchev–Trinajstić information content (AvgIpc) is 3.49. The Bertz CT molecular complexity index is 1520. The average molecular weight is 1160 g/mol. The van der Waals surface area contributed by atoms with Gasteiger partial charge in [-0.1, -0.05) is 344 Å². The molecular weight excluding hydrogens is 1020 g/mol. The van der Waals surface area contributed by atoms with Gasteiger partial charge < -0.3 is 14.2 Å². The molecule has 0 aliphatic heterocycles. The van der Waals surface area contributed by atoms with E-state index < -0.39 is 6.10 Å². The molecule has 0 N–H and O–H groups in total. The van der Waals surface area contributed by atoms with E-state index in [9.17, 15) is 14.4 Å². The molecule has 0 saturated carbocycles. The van der Waals surface area contributed by atoms with E-state index in [1.54, 1.807) is 0 Å². The summed E-state index contributed by atoms with van der Waals surface area (Å²) < 4.78 is 16.9. The quantitative estimate of drug-likeness (QED) is 0.0261. The van der Waals surface area contributed by atoms with E-state index in [4.69, 9.17) is 14.2 Å². The first-order valence-electron chi connectivity index (χ1n) is 36.4. The van der Waals surface area contributed by atoms with Crippen LogP contribution in [-0.2, 0) is 28.6 Å². The number of hydrogen-bond acceptors (Lipinski definition) is 6. The summed E-state index contributed by atoms with van der Waals surface area (Å²) in [6.45, 7) is 6.53. The van der Waals surface area contributed by atoms with Crippen LogP contribution in [0.1, 0.15) is 380 Å². The van der Waals surface area contributed by atoms with Crippen LogP contribution in [0.3, 0.4) is 0 Å². The van der Waals surface area contributed by atoms with Crippen LogP contribution in [0.4, 0.5) is 0 Å². The first-order chi connectivity index (χ1) is 41.0. The molecule has 83 heavy (non-hydrogen) atoms. The van der Waals surface area contributed by atoms with E-state index >= 15 is 0 Å². The molecule has 0 aromatic heterocycles. The lowest BCUT2D eigenvalue weighted by molar-refractivity contribution is -0.167. The maximum Gasteiger partial charge on any atom is 0.306 e. The predicted octanol–water partition coefficient (Wildman–Crippen LogP) is 25.2. The largest absolute Gasteiger partial charge is 0.462 e. The van der Waals surface area contributed by atoms with Crippen molar-refractivity contribution in [3.05, 3.63) is 72.9 Å². The third-order valence-corrected chi connectivity index (χ3v) is 16.2. The molecule has 0 aliphatic carbocycles. The second-order valence-corrected chi connectivity index (χ2v) is 24.5. The number of carbonyl (C=O) groups is 3. The van der Waals surface area contributed by atoms with Gasteiger partial charge in [-0.2, -0.15) is 0 Å². The van der Waals surface area contributed by atoms with Gasteiger partial charge in [0.1, 0.15) is 13.2 Å². The lowest BCUT2D eigenvalue weighted by Gasteiger charge is -2.18. The maximum absolute atomic E-state index is 12.9. The molecule has 0 fully saturated rings. The molecule has 0 aromatic carbocycles. The van der Waals surface area contributed by atoms with Crippen LogP contribution in [0.2, 0.25) is 0 Å². The van der Waals surface area contributed by atoms with E-state index in [0.717, 1.165) is 89.9 Å². The number of rotatable bonds is 67. The summed E-state index contributed by atoms with van der Waals surface area (Å²) in [5.74, 6) is -0.856. The number of hydrogen-bond donors (Lipinski definition) is 0. The van der Waals surface area contributed by atoms with Crippen molar-refractivity contribution in [1.82, 2.24) is 0 Å². The Morgan fingerprint density at radius 1 is 0.253 bits per heavy atom. The molecule has 482 valence electrons. The molecule has 0 radical (unpaired) electrons. The van der Waals surface area contributed by atoms with Gasteiger partial charge in [0, 0.05) is 19.3 Å². The Kier molecular flexibility index (Phi) is 68.6. The smallest absolute Gasteiger partial charge is 0.306 e. The summed E-state index contributed by atoms with van der Waals surface area (Å²) in [4.78, 5) is 38.2. The van der Waals surface area contributed by atoms with E-state index in [1.807, 2.05) is 0 Å². The molecule has 0 aromatic rings. The van der Waals surface area contributed by atoms with Gasteiger partial charge in [-0.15, -0.1) is 0 Å². The second kappa shape index (κ2) is 71.3. The van der Waals surface area contributed by atoms with Gasteiger partial charge in [-0.3, -0.25) is 14.4 Å². The first kappa shape index (κ1) is 79.8. The van der Waals surface area contributed by atoms with Gasteiger partial charge >= 0.3 is 17.9 Å². The zero-order valence-corrected chi connectivity index (χ0v) is 55.5. The van der Waals surface area contributed by atoms with Crippen molar-refractivity contribution in [2.45, 2.75) is 386 Å². The molecule has 0 spiro atoms. The third kappa shape index (κ3) is 69.5. The molecule has 0 rings (SSSR count). The van der Waals surface area contributed by atoms with Crippen LogP contribution >= 0.6 is 0 Å². The predicted molar refractivity (Wildman–Crippen MR) is 362 cm³/mol. The standard InChI is InChI=1S/C77H138O6/c1-4-7-10-13-16-18-20-22-24-26-28-30-32-34-36-37-38-39-41-42-44-46-48-50-52-54-56-58-61-64-67-70-76(79)82-73-74(72-81-75(78)69-66-63-60-15-12-9-6-3)83-77(80)71-68-65-62-59-57-55-53-51-49-47-45-43-40-35-33-31-29-27-25-23-21-19-17-14-11-8-5-2/h8,11,17,19-20,22-23,25-26,28-29,31,74H,4-7,9-10,12-16,18,21,24,27,30,32-73H2,1-3H3/b11-8-,19-17-,22-20-,25-23-,28-26-,31-29-. The molecule has 1 atom stereocenters. The minimum Gasteiger partial charge on any atom is -0.462 e. The first-order valence-corrected chi connectivity index (χ1v) is 36.4. The topological polar surface area (TPSA) is 78.9 Å². The lowest BCUT2D eigenvalue weighted by atomic mass is 10.0. The summed E-state index contributed by atoms with van der Waals surface area (Å²) in [7, 11) is 0. The summed E-state index contributed by atoms with van der Waals surface area (Å²) in [5.41, 5.74) is 0. The monoisotopic (exact) mass is 1160 g/mol. The van der Waals surface area contributed by atoms with Crippen molar-refractivity contribution in [2.24, 2.45) is 0 Å². The summed E-state index contributed by atoms with van der Waals surface area (Å²) in [5, 5.41) is 0. The zero-order chi connectivity index (χ0) is 59.9. The summed E-state index contributed by atoms with van der Waals surface area (Å²) in [6.07, 6.45) is 94.0. The fourth-order valence-corrected chi connectivity index (χ4v) is 10.8. The highest BCUT2D eigenvalue weighted by atomic mass is 16.6. The van der Waals surface area contributed by atoms with Gasteiger partial charge in [0.2, 0.25) is 0 Å². The highest BCUT2D eigenvalue weighted by Crippen LogP contribution is 2.18. The van der Waals surface area contributed by atoms with Gasteiger partial charge in [-0.25, -0.2) is 0 Å². The molecule has 0 aliphatic rings. The number of esters is 3. The number of carbonyl (C=O) groups excluding carboxylic acids is 3. The van der Waals surface area contributed by atoms with Crippen LogP contribution in [-0.4, -0.2) is 37.2 Å². The zero-order valence-electron chi connectivity index (χ0n) is 55.5. The Balaban J connectivity index is 4.01. The molecule has 6 nitrogen and oxygen atoms in total. The molecule has 0 amide bonds. The Labute approximate surface area is 516 Å². The van der Waals surface area contributed by atoms with Gasteiger partial charge in [0.15, 0.2) is 6.10 Å². The van der Waals surface area contributed by atoms with E-state index in [-0.39, 0.29) is 31.1 Å². The Morgan fingerprint density at radius 3 is 0.735 bits per heavy atom. The fraction of sp³-hybridized carbons (Fsp3) is 0.805. The van der Waals surface area contributed by atoms with Crippen LogP contribution < -0.4 is 0 Å². The van der Waals surface area contributed by atoms with Crippen molar-refractivity contribution in [3.8, 4) is 0 Å². The Morgan fingerprint density at radius 2 is 0.470 bits per heavy atom. The summed E-state index contributed by atoms with van der Waals surface area (Å²) in [6, 6.07) is 0. The highest BCUT2D eigenvalue weighted by molar-refractivity contribution is 5.71. The molecule has 0 heterocycles. The van der Waals surface area contributed by atoms with Gasteiger partial charge in [-0.05, 0) is 89.9 Å². The molecular formula is C77H138O6. The lowest BCUT2D eigenvalue weighted by Crippen LogP contribution is -2.30. The number of unbranched alkanes of at least 4 members (excludes halogenated alkanes) is 44. The van der Waals surface area contributed by atoms with Gasteiger partial charge in [0.25, 0.3) is 0 Å². The number of allylic oxidation sites excluding steroid dienone is 12. The van der Waals surface area contributed by atoms with Crippen molar-refractivity contribution in [2.75, 3.05) is 13.2 Å². The van der Waals surface area contributed by atoms with Crippen LogP contribution in [0.25, 0.3) is 0 Å². The van der Waals surface area contributed by atoms with Crippen molar-refractivity contribution in [3.63, 3.8) is 0 Å². The van der Waals surface area contributed by atoms with Crippen molar-refractivity contribution in [1.29, 1.82) is 0 Å². The highest BCUT2D eigenvalue weighted by Gasteiger charge is 2.19. The molecule has 1 unspecified atom stereocenters. The minimum atomic E-state index is -0.772. The maximum atomic E-state index is 12.9. The van der Waals surface area contributed by atoms with Crippen LogP contribution in [0.15, 0.2) is 72.9 Å². The molecule has 6 heteroatoms. The molecule has 0 saturated heterocycles. The van der Waals surface area contributed by atoms with Crippen molar-refractivity contribution < 1.29 is 28.6 Å². The second-order valence-electron chi connectivity index (χ2n) is 24.5. The fourth-order valence-electron chi connectivity index (χ4n) is 10.8. The van der Waals surface area contributed by atoms with Crippen LogP contribution in [0.5, 0.6) is 0 Å². The van der Waals surface area contributed by atoms with E-state index in [2.05, 4.69) is 93.7 Å². The van der Waals surface area contributed by atoms with Crippen molar-refractivity contribution >= 4 is 17.9 Å².